The predicted octanol–water partition coefficient (Wildman–Crippen LogP) is 3.17. The van der Waals surface area contributed by atoms with Crippen LogP contribution in [0.3, 0.4) is 0 Å². The number of rotatable bonds is 6. The molecule has 0 unspecified atom stereocenters. The maximum Gasteiger partial charge on any atom is 0.343 e. The molecule has 1 aromatic carbocycles. The Kier molecular flexibility index (Phi) is 6.06. The van der Waals surface area contributed by atoms with Gasteiger partial charge in [-0.15, -0.1) is 5.10 Å². The van der Waals surface area contributed by atoms with E-state index in [0.717, 1.165) is 22.1 Å². The molecule has 0 aliphatic heterocycles. The molecule has 2 aromatic rings. The first-order valence-electron chi connectivity index (χ1n) is 7.31. The Morgan fingerprint density at radius 3 is 2.91 bits per heavy atom. The molecule has 2 N–H and O–H groups in total. The van der Waals surface area contributed by atoms with Gasteiger partial charge in [0.05, 0.1) is 10.9 Å². The Hall–Kier alpha value is -1.54. The Morgan fingerprint density at radius 2 is 2.26 bits per heavy atom. The number of amides is 1. The molecule has 0 saturated carbocycles. The number of H-pyrrole nitrogens is 1. The van der Waals surface area contributed by atoms with Crippen LogP contribution in [0.4, 0.5) is 5.69 Å². The molecule has 23 heavy (non-hydrogen) atoms. The largest absolute Gasteiger partial charge is 0.343 e. The second kappa shape index (κ2) is 7.83. The number of hydrogen-bond donors (Lipinski definition) is 2. The summed E-state index contributed by atoms with van der Waals surface area (Å²) in [5.74, 6) is -0.141. The van der Waals surface area contributed by atoms with Gasteiger partial charge in [-0.2, -0.15) is 0 Å². The maximum absolute atomic E-state index is 12.4. The van der Waals surface area contributed by atoms with Crippen molar-refractivity contribution in [1.29, 1.82) is 0 Å². The fourth-order valence-electron chi connectivity index (χ4n) is 1.98. The quantitative estimate of drug-likeness (QED) is 0.732. The third-order valence-corrected chi connectivity index (χ3v) is 4.95. The Morgan fingerprint density at radius 1 is 1.52 bits per heavy atom. The van der Waals surface area contributed by atoms with Crippen molar-refractivity contribution in [3.8, 4) is 0 Å². The zero-order valence-electron chi connectivity index (χ0n) is 13.2. The molecule has 6 nitrogen and oxygen atoms in total. The molecular weight excluding hydrogens is 380 g/mol. The number of nitrogens with one attached hydrogen (secondary N) is 2. The summed E-state index contributed by atoms with van der Waals surface area (Å²) in [4.78, 5) is 24.0. The molecule has 8 heteroatoms. The van der Waals surface area contributed by atoms with E-state index in [1.165, 1.54) is 11.8 Å². The van der Waals surface area contributed by atoms with E-state index in [0.29, 0.717) is 11.7 Å². The van der Waals surface area contributed by atoms with Crippen LogP contribution in [0.2, 0.25) is 0 Å². The fourth-order valence-corrected chi connectivity index (χ4v) is 3.46. The van der Waals surface area contributed by atoms with Gasteiger partial charge in [0.1, 0.15) is 0 Å². The number of anilines is 1. The highest BCUT2D eigenvalue weighted by Gasteiger charge is 2.19. The first-order valence-corrected chi connectivity index (χ1v) is 8.98. The van der Waals surface area contributed by atoms with Crippen LogP contribution in [-0.4, -0.2) is 25.9 Å². The number of aryl methyl sites for hydroxylation is 1. The summed E-state index contributed by atoms with van der Waals surface area (Å²) in [5, 5.41) is 9.45. The lowest BCUT2D eigenvalue weighted by Gasteiger charge is -2.13. The van der Waals surface area contributed by atoms with Crippen molar-refractivity contribution in [3.05, 3.63) is 38.7 Å². The Balaban J connectivity index is 2.07. The summed E-state index contributed by atoms with van der Waals surface area (Å²) >= 11 is 4.70. The third kappa shape index (κ3) is 4.48. The van der Waals surface area contributed by atoms with Crippen molar-refractivity contribution in [2.24, 2.45) is 0 Å². The normalized spacial score (nSPS) is 12.2. The van der Waals surface area contributed by atoms with E-state index in [9.17, 15) is 9.59 Å². The lowest BCUT2D eigenvalue weighted by atomic mass is 10.2. The molecule has 1 atom stereocenters. The van der Waals surface area contributed by atoms with Gasteiger partial charge in [0.15, 0.2) is 5.16 Å². The number of benzene rings is 1. The predicted molar refractivity (Wildman–Crippen MR) is 96.0 cm³/mol. The minimum absolute atomic E-state index is 0.141. The average molecular weight is 399 g/mol. The maximum atomic E-state index is 12.4. The van der Waals surface area contributed by atoms with Crippen LogP contribution in [0.25, 0.3) is 0 Å². The molecule has 0 spiro atoms. The van der Waals surface area contributed by atoms with Gasteiger partial charge >= 0.3 is 5.69 Å². The number of nitrogens with zero attached hydrogens (tertiary/aromatic N) is 2. The van der Waals surface area contributed by atoms with Gasteiger partial charge in [0.2, 0.25) is 5.91 Å². The zero-order valence-corrected chi connectivity index (χ0v) is 15.6. The summed E-state index contributed by atoms with van der Waals surface area (Å²) < 4.78 is 2.39. The standard InChI is InChI=1S/C15H19BrN4O2S/c1-4-7-20-14(22)18-19-15(20)23-10(3)13(21)17-12-6-5-9(2)8-11(12)16/h5-6,8,10H,4,7H2,1-3H3,(H,17,21)(H,18,22)/t10-/m0/s1. The number of aromatic nitrogens is 3. The number of aromatic amines is 1. The first kappa shape index (κ1) is 17.8. The highest BCUT2D eigenvalue weighted by molar-refractivity contribution is 9.10. The van der Waals surface area contributed by atoms with Crippen LogP contribution < -0.4 is 11.0 Å². The van der Waals surface area contributed by atoms with E-state index in [2.05, 4.69) is 31.4 Å². The van der Waals surface area contributed by atoms with Gasteiger partial charge in [-0.3, -0.25) is 9.36 Å². The zero-order chi connectivity index (χ0) is 17.0. The third-order valence-electron chi connectivity index (χ3n) is 3.20. The fraction of sp³-hybridized carbons (Fsp3) is 0.400. The molecular formula is C15H19BrN4O2S. The van der Waals surface area contributed by atoms with Crippen molar-refractivity contribution in [2.45, 2.75) is 44.1 Å². The molecule has 1 amide bonds. The van der Waals surface area contributed by atoms with Crippen molar-refractivity contribution >= 4 is 39.3 Å². The highest BCUT2D eigenvalue weighted by Crippen LogP contribution is 2.26. The molecule has 0 saturated heterocycles. The second-order valence-electron chi connectivity index (χ2n) is 5.20. The van der Waals surface area contributed by atoms with E-state index in [1.54, 1.807) is 11.5 Å². The van der Waals surface area contributed by atoms with Crippen LogP contribution in [0.15, 0.2) is 32.6 Å². The van der Waals surface area contributed by atoms with Crippen molar-refractivity contribution in [3.63, 3.8) is 0 Å². The van der Waals surface area contributed by atoms with Gasteiger partial charge < -0.3 is 5.32 Å². The number of carbonyl (C=O) groups is 1. The Labute approximate surface area is 147 Å². The molecule has 1 heterocycles. The summed E-state index contributed by atoms with van der Waals surface area (Å²) in [6, 6.07) is 5.74. The Bertz CT molecular complexity index is 756. The topological polar surface area (TPSA) is 79.8 Å². The van der Waals surface area contributed by atoms with Gasteiger partial charge in [0.25, 0.3) is 0 Å². The second-order valence-corrected chi connectivity index (χ2v) is 7.36. The summed E-state index contributed by atoms with van der Waals surface area (Å²) in [6.07, 6.45) is 0.823. The van der Waals surface area contributed by atoms with Crippen LogP contribution in [0, 0.1) is 6.92 Å². The van der Waals surface area contributed by atoms with Crippen LogP contribution in [-0.2, 0) is 11.3 Å². The van der Waals surface area contributed by atoms with Crippen molar-refractivity contribution in [1.82, 2.24) is 14.8 Å². The van der Waals surface area contributed by atoms with E-state index in [-0.39, 0.29) is 16.8 Å². The molecule has 0 aliphatic carbocycles. The highest BCUT2D eigenvalue weighted by atomic mass is 79.9. The summed E-state index contributed by atoms with van der Waals surface area (Å²) in [7, 11) is 0. The van der Waals surface area contributed by atoms with Gasteiger partial charge in [-0.25, -0.2) is 9.89 Å². The molecule has 124 valence electrons. The van der Waals surface area contributed by atoms with E-state index < -0.39 is 0 Å². The van der Waals surface area contributed by atoms with Crippen LogP contribution in [0.5, 0.6) is 0 Å². The number of carbonyl (C=O) groups excluding carboxylic acids is 1. The SMILES string of the molecule is CCCn1c(S[C@@H](C)C(=O)Nc2ccc(C)cc2Br)n[nH]c1=O. The lowest BCUT2D eigenvalue weighted by molar-refractivity contribution is -0.115. The van der Waals surface area contributed by atoms with Gasteiger partial charge in [-0.05, 0) is 53.9 Å². The monoisotopic (exact) mass is 398 g/mol. The number of thioether (sulfide) groups is 1. The molecule has 1 aromatic heterocycles. The summed E-state index contributed by atoms with van der Waals surface area (Å²) in [6.45, 7) is 6.34. The van der Waals surface area contributed by atoms with Gasteiger partial charge in [-0.1, -0.05) is 24.8 Å². The van der Waals surface area contributed by atoms with E-state index in [4.69, 9.17) is 0 Å². The average Bonchev–Trinajstić information content (AvgIpc) is 2.83. The van der Waals surface area contributed by atoms with Crippen molar-refractivity contribution in [2.75, 3.05) is 5.32 Å². The minimum atomic E-state index is -0.381. The van der Waals surface area contributed by atoms with Crippen LogP contribution >= 0.6 is 27.7 Å². The lowest BCUT2D eigenvalue weighted by Crippen LogP contribution is -2.24. The first-order chi connectivity index (χ1) is 10.9. The molecule has 2 rings (SSSR count). The number of halogens is 1. The molecule has 0 radical (unpaired) electrons. The van der Waals surface area contributed by atoms with Crippen molar-refractivity contribution < 1.29 is 4.79 Å². The smallest absolute Gasteiger partial charge is 0.324 e. The summed E-state index contributed by atoms with van der Waals surface area (Å²) in [5.41, 5.74) is 1.58. The van der Waals surface area contributed by atoms with E-state index in [1.807, 2.05) is 32.0 Å². The van der Waals surface area contributed by atoms with E-state index >= 15 is 0 Å². The molecule has 0 fully saturated rings. The molecule has 0 bridgehead atoms. The van der Waals surface area contributed by atoms with Gasteiger partial charge in [0, 0.05) is 11.0 Å². The molecule has 0 aliphatic rings. The van der Waals surface area contributed by atoms with Crippen LogP contribution in [0.1, 0.15) is 25.8 Å². The number of hydrogen-bond acceptors (Lipinski definition) is 4. The minimum Gasteiger partial charge on any atom is -0.324 e.